The normalized spacial score (nSPS) is 13.0. The molecule has 2 N–H and O–H groups in total. The van der Waals surface area contributed by atoms with Crippen LogP contribution in [0.2, 0.25) is 0 Å². The van der Waals surface area contributed by atoms with Gasteiger partial charge in [-0.15, -0.1) is 22.7 Å². The molecule has 1 aliphatic rings. The molecule has 1 aliphatic heterocycles. The molecule has 0 spiro atoms. The second-order valence-corrected chi connectivity index (χ2v) is 8.73. The van der Waals surface area contributed by atoms with Crippen molar-refractivity contribution in [3.63, 3.8) is 0 Å². The molecule has 0 aliphatic carbocycles. The first kappa shape index (κ1) is 19.6. The molecule has 4 rings (SSSR count). The highest BCUT2D eigenvalue weighted by Gasteiger charge is 2.21. The second-order valence-electron chi connectivity index (χ2n) is 6.79. The zero-order chi connectivity index (χ0) is 20.1. The summed E-state index contributed by atoms with van der Waals surface area (Å²) >= 11 is 3.27. The minimum atomic E-state index is -0.284. The summed E-state index contributed by atoms with van der Waals surface area (Å²) in [5, 5.41) is 10.5. The third-order valence-electron chi connectivity index (χ3n) is 4.81. The zero-order valence-corrected chi connectivity index (χ0v) is 17.5. The first-order chi connectivity index (χ1) is 14.2. The zero-order valence-electron chi connectivity index (χ0n) is 15.9. The number of carbonyl (C=O) groups is 2. The Kier molecular flexibility index (Phi) is 6.21. The molecular weight excluding hydrogens is 404 g/mol. The Morgan fingerprint density at radius 1 is 1.10 bits per heavy atom. The van der Waals surface area contributed by atoms with E-state index in [1.807, 2.05) is 40.6 Å². The average Bonchev–Trinajstić information content (AvgIpc) is 3.41. The number of thiazole rings is 1. The molecule has 0 atom stereocenters. The number of rotatable bonds is 6. The lowest BCUT2D eigenvalue weighted by atomic mass is 10.1. The van der Waals surface area contributed by atoms with Crippen LogP contribution in [0.1, 0.15) is 21.9 Å². The molecule has 150 valence electrons. The maximum Gasteiger partial charge on any atom is 0.315 e. The second kappa shape index (κ2) is 9.19. The molecule has 0 saturated carbocycles. The highest BCUT2D eigenvalue weighted by Crippen LogP contribution is 2.24. The average molecular weight is 427 g/mol. The molecule has 3 amide bonds. The fourth-order valence-corrected chi connectivity index (χ4v) is 4.89. The molecule has 0 saturated heterocycles. The highest BCUT2D eigenvalue weighted by atomic mass is 32.1. The van der Waals surface area contributed by atoms with Crippen molar-refractivity contribution in [1.82, 2.24) is 20.5 Å². The first-order valence-electron chi connectivity index (χ1n) is 9.53. The molecule has 0 unspecified atom stereocenters. The maximum absolute atomic E-state index is 12.4. The van der Waals surface area contributed by atoms with Crippen LogP contribution in [0.5, 0.6) is 0 Å². The van der Waals surface area contributed by atoms with E-state index in [0.29, 0.717) is 26.1 Å². The standard InChI is InChI=1S/C21H22N4O2S2/c26-20(25-10-7-18-16(13-25)8-11-28-18)6-9-22-21(27)23-12-19-24-17(14-29-19)15-4-2-1-3-5-15/h1-5,8,11,14H,6-7,9-10,12-13H2,(H2,22,23,27). The Balaban J connectivity index is 1.17. The van der Waals surface area contributed by atoms with Gasteiger partial charge in [0.25, 0.3) is 0 Å². The Morgan fingerprint density at radius 2 is 1.97 bits per heavy atom. The molecule has 0 radical (unpaired) electrons. The van der Waals surface area contributed by atoms with Crippen molar-refractivity contribution in [3.8, 4) is 11.3 Å². The van der Waals surface area contributed by atoms with Gasteiger partial charge in [-0.3, -0.25) is 4.79 Å². The van der Waals surface area contributed by atoms with E-state index in [9.17, 15) is 9.59 Å². The van der Waals surface area contributed by atoms with Crippen molar-refractivity contribution in [2.24, 2.45) is 0 Å². The molecule has 3 heterocycles. The van der Waals surface area contributed by atoms with Crippen LogP contribution in [0.3, 0.4) is 0 Å². The molecule has 8 heteroatoms. The van der Waals surface area contributed by atoms with Crippen molar-refractivity contribution >= 4 is 34.6 Å². The quantitative estimate of drug-likeness (QED) is 0.632. The Morgan fingerprint density at radius 3 is 2.83 bits per heavy atom. The number of urea groups is 1. The minimum absolute atomic E-state index is 0.0783. The van der Waals surface area contributed by atoms with E-state index in [0.717, 1.165) is 29.2 Å². The Bertz CT molecular complexity index is 983. The van der Waals surface area contributed by atoms with Crippen molar-refractivity contribution < 1.29 is 9.59 Å². The fraction of sp³-hybridized carbons (Fsp3) is 0.286. The lowest BCUT2D eigenvalue weighted by Gasteiger charge is -2.27. The Labute approximate surface area is 177 Å². The number of hydrogen-bond acceptors (Lipinski definition) is 5. The van der Waals surface area contributed by atoms with Gasteiger partial charge in [0.2, 0.25) is 5.91 Å². The SMILES string of the molecule is O=C(NCCC(=O)N1CCc2sccc2C1)NCc1nc(-c2ccccc2)cs1. The van der Waals surface area contributed by atoms with Gasteiger partial charge in [-0.2, -0.15) is 0 Å². The largest absolute Gasteiger partial charge is 0.338 e. The van der Waals surface area contributed by atoms with Gasteiger partial charge in [0.05, 0.1) is 12.2 Å². The van der Waals surface area contributed by atoms with E-state index in [1.165, 1.54) is 21.8 Å². The van der Waals surface area contributed by atoms with Crippen LogP contribution >= 0.6 is 22.7 Å². The minimum Gasteiger partial charge on any atom is -0.338 e. The molecule has 1 aromatic carbocycles. The summed E-state index contributed by atoms with van der Waals surface area (Å²) < 4.78 is 0. The van der Waals surface area contributed by atoms with Gasteiger partial charge < -0.3 is 15.5 Å². The molecule has 2 aromatic heterocycles. The van der Waals surface area contributed by atoms with Crippen LogP contribution in [0.15, 0.2) is 47.2 Å². The van der Waals surface area contributed by atoms with E-state index in [2.05, 4.69) is 27.1 Å². The number of benzene rings is 1. The highest BCUT2D eigenvalue weighted by molar-refractivity contribution is 7.10. The molecule has 0 bridgehead atoms. The van der Waals surface area contributed by atoms with E-state index < -0.39 is 0 Å². The molecule has 6 nitrogen and oxygen atoms in total. The van der Waals surface area contributed by atoms with Crippen LogP contribution in [-0.2, 0) is 24.3 Å². The summed E-state index contributed by atoms with van der Waals surface area (Å²) in [7, 11) is 0. The number of aromatic nitrogens is 1. The summed E-state index contributed by atoms with van der Waals surface area (Å²) in [6.07, 6.45) is 1.23. The predicted octanol–water partition coefficient (Wildman–Crippen LogP) is 3.65. The van der Waals surface area contributed by atoms with E-state index in [-0.39, 0.29) is 11.9 Å². The third kappa shape index (κ3) is 5.02. The number of thiophene rings is 1. The summed E-state index contributed by atoms with van der Waals surface area (Å²) in [5.74, 6) is 0.0783. The summed E-state index contributed by atoms with van der Waals surface area (Å²) in [5.41, 5.74) is 3.22. The molecule has 3 aromatic rings. The number of amides is 3. The number of hydrogen-bond donors (Lipinski definition) is 2. The first-order valence-corrected chi connectivity index (χ1v) is 11.3. The lowest BCUT2D eigenvalue weighted by molar-refractivity contribution is -0.131. The van der Waals surface area contributed by atoms with Crippen LogP contribution in [-0.4, -0.2) is 34.9 Å². The van der Waals surface area contributed by atoms with Gasteiger partial charge in [0.15, 0.2) is 0 Å². The van der Waals surface area contributed by atoms with Gasteiger partial charge in [0, 0.05) is 41.9 Å². The number of nitrogens with zero attached hydrogens (tertiary/aromatic N) is 2. The predicted molar refractivity (Wildman–Crippen MR) is 116 cm³/mol. The van der Waals surface area contributed by atoms with E-state index in [4.69, 9.17) is 0 Å². The molecule has 0 fully saturated rings. The molecule has 29 heavy (non-hydrogen) atoms. The fourth-order valence-electron chi connectivity index (χ4n) is 3.25. The van der Waals surface area contributed by atoms with Crippen LogP contribution in [0.25, 0.3) is 11.3 Å². The number of nitrogens with one attached hydrogen (secondary N) is 2. The van der Waals surface area contributed by atoms with Crippen molar-refractivity contribution in [2.45, 2.75) is 25.9 Å². The van der Waals surface area contributed by atoms with Crippen molar-refractivity contribution in [1.29, 1.82) is 0 Å². The smallest absolute Gasteiger partial charge is 0.315 e. The van der Waals surface area contributed by atoms with Crippen LogP contribution < -0.4 is 10.6 Å². The topological polar surface area (TPSA) is 74.3 Å². The number of fused-ring (bicyclic) bond motifs is 1. The van der Waals surface area contributed by atoms with Gasteiger partial charge >= 0.3 is 6.03 Å². The van der Waals surface area contributed by atoms with Crippen LogP contribution in [0, 0.1) is 0 Å². The van der Waals surface area contributed by atoms with Gasteiger partial charge in [-0.05, 0) is 23.4 Å². The Hall–Kier alpha value is -2.71. The van der Waals surface area contributed by atoms with E-state index >= 15 is 0 Å². The lowest BCUT2D eigenvalue weighted by Crippen LogP contribution is -2.40. The van der Waals surface area contributed by atoms with Crippen LogP contribution in [0.4, 0.5) is 4.79 Å². The molecular formula is C21H22N4O2S2. The summed E-state index contributed by atoms with van der Waals surface area (Å²) in [6.45, 7) is 2.12. The van der Waals surface area contributed by atoms with E-state index in [1.54, 1.807) is 11.3 Å². The third-order valence-corrected chi connectivity index (χ3v) is 6.68. The summed E-state index contributed by atoms with van der Waals surface area (Å²) in [6, 6.07) is 11.8. The van der Waals surface area contributed by atoms with Gasteiger partial charge in [-0.25, -0.2) is 9.78 Å². The maximum atomic E-state index is 12.4. The van der Waals surface area contributed by atoms with Crippen molar-refractivity contribution in [2.75, 3.05) is 13.1 Å². The van der Waals surface area contributed by atoms with Crippen molar-refractivity contribution in [3.05, 3.63) is 62.6 Å². The number of carbonyl (C=O) groups excluding carboxylic acids is 2. The van der Waals surface area contributed by atoms with Gasteiger partial charge in [-0.1, -0.05) is 30.3 Å². The monoisotopic (exact) mass is 426 g/mol. The van der Waals surface area contributed by atoms with Gasteiger partial charge in [0.1, 0.15) is 5.01 Å². The summed E-state index contributed by atoms with van der Waals surface area (Å²) in [4.78, 5) is 32.2.